The molecule has 2 aromatic carbocycles. The first kappa shape index (κ1) is 26.2. The third-order valence-electron chi connectivity index (χ3n) is 4.77. The van der Waals surface area contributed by atoms with Crippen molar-refractivity contribution in [1.82, 2.24) is 9.88 Å². The summed E-state index contributed by atoms with van der Waals surface area (Å²) in [4.78, 5) is 22.1. The fourth-order valence-corrected chi connectivity index (χ4v) is 4.33. The minimum atomic E-state index is -0.131. The van der Waals surface area contributed by atoms with Crippen molar-refractivity contribution < 1.29 is 14.3 Å². The van der Waals surface area contributed by atoms with E-state index in [2.05, 4.69) is 0 Å². The Kier molecular flexibility index (Phi) is 9.58. The number of benzene rings is 2. The zero-order valence-electron chi connectivity index (χ0n) is 19.0. The Bertz CT molecular complexity index is 1070. The van der Waals surface area contributed by atoms with Gasteiger partial charge in [0.1, 0.15) is 0 Å². The summed E-state index contributed by atoms with van der Waals surface area (Å²) in [6.45, 7) is 7.99. The Labute approximate surface area is 204 Å². The molecule has 0 atom stereocenters. The van der Waals surface area contributed by atoms with Crippen molar-refractivity contribution in [2.45, 2.75) is 20.8 Å². The molecule has 0 saturated heterocycles. The highest BCUT2D eigenvalue weighted by molar-refractivity contribution is 7.22. The maximum atomic E-state index is 13.6. The lowest BCUT2D eigenvalue weighted by Crippen LogP contribution is -2.36. The Balaban J connectivity index is 0.00000363. The number of likely N-dealkylation sites (N-methyl/N-ethyl adjacent to an activating group) is 1. The number of hydrogen-bond donors (Lipinski definition) is 0. The monoisotopic (exact) mass is 497 g/mol. The van der Waals surface area contributed by atoms with Gasteiger partial charge >= 0.3 is 0 Å². The van der Waals surface area contributed by atoms with Crippen molar-refractivity contribution in [3.8, 4) is 11.5 Å². The summed E-state index contributed by atoms with van der Waals surface area (Å²) in [5, 5.41) is 1.32. The summed E-state index contributed by atoms with van der Waals surface area (Å²) >= 11 is 7.77. The van der Waals surface area contributed by atoms with Gasteiger partial charge in [-0.2, -0.15) is 0 Å². The summed E-state index contributed by atoms with van der Waals surface area (Å²) in [6, 6.07) is 9.12. The Morgan fingerprint density at radius 3 is 2.41 bits per heavy atom. The Morgan fingerprint density at radius 1 is 1.06 bits per heavy atom. The topological polar surface area (TPSA) is 54.9 Å². The van der Waals surface area contributed by atoms with Crippen LogP contribution in [0.5, 0.6) is 11.5 Å². The third-order valence-corrected chi connectivity index (χ3v) is 6.23. The van der Waals surface area contributed by atoms with Gasteiger partial charge in [-0.05, 0) is 70.8 Å². The lowest BCUT2D eigenvalue weighted by atomic mass is 10.1. The average Bonchev–Trinajstić information content (AvgIpc) is 3.17. The van der Waals surface area contributed by atoms with E-state index in [1.807, 2.05) is 51.9 Å². The molecule has 1 amide bonds. The van der Waals surface area contributed by atoms with Crippen molar-refractivity contribution in [2.75, 3.05) is 45.3 Å². The summed E-state index contributed by atoms with van der Waals surface area (Å²) in [5.74, 6) is 1.06. The second-order valence-corrected chi connectivity index (χ2v) is 8.72. The van der Waals surface area contributed by atoms with Crippen LogP contribution in [0.2, 0.25) is 5.02 Å². The van der Waals surface area contributed by atoms with Gasteiger partial charge in [-0.3, -0.25) is 9.69 Å². The quantitative estimate of drug-likeness (QED) is 0.380. The second kappa shape index (κ2) is 11.7. The van der Waals surface area contributed by atoms with Gasteiger partial charge in [0.15, 0.2) is 16.6 Å². The lowest BCUT2D eigenvalue weighted by Gasteiger charge is -2.22. The number of nitrogens with zero attached hydrogens (tertiary/aromatic N) is 3. The van der Waals surface area contributed by atoms with E-state index in [0.717, 1.165) is 15.8 Å². The smallest absolute Gasteiger partial charge is 0.260 e. The van der Waals surface area contributed by atoms with E-state index in [0.29, 0.717) is 53.5 Å². The van der Waals surface area contributed by atoms with E-state index in [1.165, 1.54) is 11.3 Å². The van der Waals surface area contributed by atoms with Gasteiger partial charge in [-0.25, -0.2) is 4.98 Å². The normalized spacial score (nSPS) is 10.8. The van der Waals surface area contributed by atoms with E-state index < -0.39 is 0 Å². The van der Waals surface area contributed by atoms with Crippen molar-refractivity contribution >= 4 is 56.6 Å². The molecule has 0 saturated carbocycles. The van der Waals surface area contributed by atoms with Crippen LogP contribution in [0.1, 0.15) is 29.8 Å². The zero-order chi connectivity index (χ0) is 22.5. The van der Waals surface area contributed by atoms with Gasteiger partial charge in [0, 0.05) is 23.7 Å². The molecule has 32 heavy (non-hydrogen) atoms. The molecule has 0 N–H and O–H groups in total. The molecule has 0 radical (unpaired) electrons. The number of ether oxygens (including phenoxy) is 2. The number of carbonyl (C=O) groups is 1. The number of aromatic nitrogens is 1. The van der Waals surface area contributed by atoms with Gasteiger partial charge in [0.25, 0.3) is 5.91 Å². The van der Waals surface area contributed by atoms with Crippen molar-refractivity contribution in [3.63, 3.8) is 0 Å². The highest BCUT2D eigenvalue weighted by Gasteiger charge is 2.23. The minimum Gasteiger partial charge on any atom is -0.490 e. The molecule has 9 heteroatoms. The first-order valence-corrected chi connectivity index (χ1v) is 11.5. The molecule has 174 valence electrons. The summed E-state index contributed by atoms with van der Waals surface area (Å²) in [6.07, 6.45) is 0. The molecular formula is C23H29Cl2N3O3S. The van der Waals surface area contributed by atoms with Crippen LogP contribution < -0.4 is 14.4 Å². The van der Waals surface area contributed by atoms with Crippen LogP contribution in [-0.2, 0) is 0 Å². The predicted octanol–water partition coefficient (Wildman–Crippen LogP) is 5.69. The SMILES string of the molecule is CCOc1ccc(C(=O)N(CCN(C)C)c2nc3c(C)c(Cl)ccc3s2)cc1OCC.Cl. The van der Waals surface area contributed by atoms with E-state index in [4.69, 9.17) is 26.1 Å². The van der Waals surface area contributed by atoms with Gasteiger partial charge in [0.2, 0.25) is 0 Å². The van der Waals surface area contributed by atoms with Crippen LogP contribution in [0.3, 0.4) is 0 Å². The fourth-order valence-electron chi connectivity index (χ4n) is 3.13. The number of amides is 1. The highest BCUT2D eigenvalue weighted by Crippen LogP contribution is 2.35. The number of aryl methyl sites for hydroxylation is 1. The number of rotatable bonds is 9. The van der Waals surface area contributed by atoms with Crippen LogP contribution >= 0.6 is 35.3 Å². The number of halogens is 2. The maximum Gasteiger partial charge on any atom is 0.260 e. The minimum absolute atomic E-state index is 0. The number of hydrogen-bond acceptors (Lipinski definition) is 6. The Hall–Kier alpha value is -2.06. The van der Waals surface area contributed by atoms with Gasteiger partial charge in [0.05, 0.1) is 23.4 Å². The molecule has 0 aliphatic rings. The molecular weight excluding hydrogens is 469 g/mol. The predicted molar refractivity (Wildman–Crippen MR) is 136 cm³/mol. The highest BCUT2D eigenvalue weighted by atomic mass is 35.5. The Morgan fingerprint density at radius 2 is 1.75 bits per heavy atom. The molecule has 0 spiro atoms. The van der Waals surface area contributed by atoms with Gasteiger partial charge in [-0.1, -0.05) is 22.9 Å². The summed E-state index contributed by atoms with van der Waals surface area (Å²) in [7, 11) is 3.96. The zero-order valence-corrected chi connectivity index (χ0v) is 21.4. The van der Waals surface area contributed by atoms with Gasteiger partial charge < -0.3 is 14.4 Å². The number of thiazole rings is 1. The van der Waals surface area contributed by atoms with E-state index in [-0.39, 0.29) is 18.3 Å². The van der Waals surface area contributed by atoms with Crippen molar-refractivity contribution in [3.05, 3.63) is 46.5 Å². The molecule has 3 aromatic rings. The van der Waals surface area contributed by atoms with E-state index in [1.54, 1.807) is 23.1 Å². The van der Waals surface area contributed by atoms with Crippen LogP contribution in [0, 0.1) is 6.92 Å². The number of fused-ring (bicyclic) bond motifs is 1. The average molecular weight is 498 g/mol. The molecule has 1 heterocycles. The van der Waals surface area contributed by atoms with Crippen LogP contribution in [0.15, 0.2) is 30.3 Å². The maximum absolute atomic E-state index is 13.6. The van der Waals surface area contributed by atoms with Crippen molar-refractivity contribution in [2.24, 2.45) is 0 Å². The molecule has 0 unspecified atom stereocenters. The standard InChI is InChI=1S/C23H28ClN3O3S.ClH/c1-6-29-18-10-8-16(14-19(18)30-7-2)22(28)27(13-12-26(4)5)23-25-21-15(3)17(24)9-11-20(21)31-23;/h8-11,14H,6-7,12-13H2,1-5H3;1H. The molecule has 1 aromatic heterocycles. The van der Waals surface area contributed by atoms with Crippen LogP contribution in [-0.4, -0.2) is 56.2 Å². The molecule has 6 nitrogen and oxygen atoms in total. The lowest BCUT2D eigenvalue weighted by molar-refractivity contribution is 0.0984. The molecule has 0 fully saturated rings. The molecule has 0 aliphatic carbocycles. The first-order chi connectivity index (χ1) is 14.8. The fraction of sp³-hybridized carbons (Fsp3) is 0.391. The molecule has 0 bridgehead atoms. The largest absolute Gasteiger partial charge is 0.490 e. The molecule has 0 aliphatic heterocycles. The summed E-state index contributed by atoms with van der Waals surface area (Å²) < 4.78 is 12.3. The van der Waals surface area contributed by atoms with E-state index in [9.17, 15) is 4.79 Å². The number of anilines is 1. The van der Waals surface area contributed by atoms with Crippen LogP contribution in [0.4, 0.5) is 5.13 Å². The van der Waals surface area contributed by atoms with Crippen LogP contribution in [0.25, 0.3) is 10.2 Å². The molecule has 3 rings (SSSR count). The van der Waals surface area contributed by atoms with Gasteiger partial charge in [-0.15, -0.1) is 12.4 Å². The first-order valence-electron chi connectivity index (χ1n) is 10.3. The summed E-state index contributed by atoms with van der Waals surface area (Å²) in [5.41, 5.74) is 2.28. The van der Waals surface area contributed by atoms with Crippen molar-refractivity contribution in [1.29, 1.82) is 0 Å². The second-order valence-electron chi connectivity index (χ2n) is 7.30. The third kappa shape index (κ3) is 5.84. The number of carbonyl (C=O) groups excluding carboxylic acids is 1. The van der Waals surface area contributed by atoms with E-state index >= 15 is 0 Å².